The van der Waals surface area contributed by atoms with E-state index >= 15 is 4.39 Å². The van der Waals surface area contributed by atoms with Gasteiger partial charge >= 0.3 is 6.09 Å². The highest BCUT2D eigenvalue weighted by Crippen LogP contribution is 2.37. The Morgan fingerprint density at radius 2 is 1.92 bits per heavy atom. The normalized spacial score (nSPS) is 24.6. The Bertz CT molecular complexity index is 1290. The lowest BCUT2D eigenvalue weighted by Crippen LogP contribution is -2.46. The monoisotopic (exact) mass is 495 g/mol. The first kappa shape index (κ1) is 24.6. The number of ether oxygens (including phenoxy) is 1. The third kappa shape index (κ3) is 4.81. The van der Waals surface area contributed by atoms with Crippen molar-refractivity contribution in [1.29, 1.82) is 0 Å². The van der Waals surface area contributed by atoms with Gasteiger partial charge in [-0.3, -0.25) is 0 Å². The second kappa shape index (κ2) is 9.10. The lowest BCUT2D eigenvalue weighted by Gasteiger charge is -2.36. The lowest BCUT2D eigenvalue weighted by atomic mass is 9.80. The topological polar surface area (TPSA) is 93.4 Å². The minimum Gasteiger partial charge on any atom is -0.444 e. The second-order valence-corrected chi connectivity index (χ2v) is 11.2. The number of benzene rings is 1. The summed E-state index contributed by atoms with van der Waals surface area (Å²) in [5, 5.41) is 15.3. The number of aliphatic hydroxyl groups excluding tert-OH is 1. The van der Waals surface area contributed by atoms with Crippen molar-refractivity contribution < 1.29 is 19.0 Å². The van der Waals surface area contributed by atoms with Crippen LogP contribution in [0, 0.1) is 13.8 Å². The van der Waals surface area contributed by atoms with E-state index in [-0.39, 0.29) is 24.5 Å². The average molecular weight is 496 g/mol. The third-order valence-corrected chi connectivity index (χ3v) is 7.14. The van der Waals surface area contributed by atoms with Crippen molar-refractivity contribution in [2.75, 3.05) is 13.1 Å². The zero-order chi connectivity index (χ0) is 25.8. The molecular weight excluding hydrogens is 461 g/mol. The molecule has 1 aromatic carbocycles. The number of likely N-dealkylation sites (tertiary alicyclic amines) is 1. The highest BCUT2D eigenvalue weighted by Gasteiger charge is 2.35. The molecule has 192 valence electrons. The first-order chi connectivity index (χ1) is 17.0. The number of aryl methyl sites for hydroxylation is 2. The first-order valence-corrected chi connectivity index (χ1v) is 12.6. The van der Waals surface area contributed by atoms with Crippen molar-refractivity contribution in [1.82, 2.24) is 24.6 Å². The van der Waals surface area contributed by atoms with E-state index in [1.165, 1.54) is 4.90 Å². The van der Waals surface area contributed by atoms with Gasteiger partial charge in [0.2, 0.25) is 0 Å². The molecule has 1 aliphatic heterocycles. The standard InChI is InChI=1S/C27H34FN5O3/c1-15-8-18-13-29-33(25-12-23(30-16(2)31-25)17-9-19(34)10-17)24(18)11-21(15)20-6-7-32(14-22(20)28)26(35)36-27(3,4)5/h8,11-13,17,19-20,22,34H,6-7,9-10,14H2,1-5H3/t17-,19-,20?,22?. The van der Waals surface area contributed by atoms with Crippen molar-refractivity contribution in [3.05, 3.63) is 47.0 Å². The molecule has 1 aliphatic carbocycles. The highest BCUT2D eigenvalue weighted by molar-refractivity contribution is 5.82. The summed E-state index contributed by atoms with van der Waals surface area (Å²) in [5.41, 5.74) is 3.08. The number of aliphatic hydroxyl groups is 1. The smallest absolute Gasteiger partial charge is 0.410 e. The van der Waals surface area contributed by atoms with E-state index in [9.17, 15) is 9.90 Å². The Balaban J connectivity index is 1.43. The molecule has 3 aromatic rings. The number of piperidine rings is 1. The Labute approximate surface area is 210 Å². The molecule has 8 nitrogen and oxygen atoms in total. The van der Waals surface area contributed by atoms with Gasteiger partial charge in [0.05, 0.1) is 24.4 Å². The van der Waals surface area contributed by atoms with Crippen molar-refractivity contribution in [3.63, 3.8) is 0 Å². The Hall–Kier alpha value is -3.07. The Morgan fingerprint density at radius 1 is 1.17 bits per heavy atom. The van der Waals surface area contributed by atoms with Crippen LogP contribution in [0.2, 0.25) is 0 Å². The molecule has 2 aromatic heterocycles. The molecule has 36 heavy (non-hydrogen) atoms. The molecule has 1 N–H and O–H groups in total. The van der Waals surface area contributed by atoms with Crippen LogP contribution in [0.3, 0.4) is 0 Å². The zero-order valence-electron chi connectivity index (χ0n) is 21.5. The van der Waals surface area contributed by atoms with Crippen LogP contribution in [-0.4, -0.2) is 66.8 Å². The van der Waals surface area contributed by atoms with E-state index in [2.05, 4.69) is 15.1 Å². The summed E-state index contributed by atoms with van der Waals surface area (Å²) in [6.07, 6.45) is 1.80. The van der Waals surface area contributed by atoms with Gasteiger partial charge in [-0.05, 0) is 77.1 Å². The van der Waals surface area contributed by atoms with Gasteiger partial charge in [-0.25, -0.2) is 23.8 Å². The molecule has 1 saturated carbocycles. The largest absolute Gasteiger partial charge is 0.444 e. The Morgan fingerprint density at radius 3 is 2.58 bits per heavy atom. The predicted molar refractivity (Wildman–Crippen MR) is 134 cm³/mol. The predicted octanol–water partition coefficient (Wildman–Crippen LogP) is 4.73. The summed E-state index contributed by atoms with van der Waals surface area (Å²) in [7, 11) is 0. The van der Waals surface area contributed by atoms with Gasteiger partial charge in [0.25, 0.3) is 0 Å². The van der Waals surface area contributed by atoms with Crippen LogP contribution in [0.25, 0.3) is 16.7 Å². The van der Waals surface area contributed by atoms with Crippen molar-refractivity contribution in [2.24, 2.45) is 0 Å². The molecule has 0 spiro atoms. The molecule has 9 heteroatoms. The molecule has 0 bridgehead atoms. The van der Waals surface area contributed by atoms with Crippen molar-refractivity contribution >= 4 is 17.0 Å². The number of halogens is 1. The van der Waals surface area contributed by atoms with E-state index in [1.54, 1.807) is 10.9 Å². The van der Waals surface area contributed by atoms with E-state index in [0.29, 0.717) is 37.4 Å². The first-order valence-electron chi connectivity index (χ1n) is 12.6. The average Bonchev–Trinajstić information content (AvgIpc) is 3.17. The van der Waals surface area contributed by atoms with Gasteiger partial charge in [0.1, 0.15) is 17.6 Å². The molecule has 5 rings (SSSR count). The number of carbonyl (C=O) groups is 1. The zero-order valence-corrected chi connectivity index (χ0v) is 21.5. The van der Waals surface area contributed by atoms with E-state index in [0.717, 1.165) is 27.7 Å². The molecule has 2 unspecified atom stereocenters. The quantitative estimate of drug-likeness (QED) is 0.565. The fourth-order valence-corrected chi connectivity index (χ4v) is 5.25. The molecule has 0 radical (unpaired) electrons. The van der Waals surface area contributed by atoms with Gasteiger partial charge < -0.3 is 14.7 Å². The molecule has 1 saturated heterocycles. The third-order valence-electron chi connectivity index (χ3n) is 7.14. The van der Waals surface area contributed by atoms with Gasteiger partial charge in [0, 0.05) is 35.5 Å². The van der Waals surface area contributed by atoms with Crippen molar-refractivity contribution in [3.8, 4) is 5.82 Å². The summed E-state index contributed by atoms with van der Waals surface area (Å²) in [5.74, 6) is 1.22. The van der Waals surface area contributed by atoms with Crippen LogP contribution in [0.5, 0.6) is 0 Å². The molecule has 2 fully saturated rings. The van der Waals surface area contributed by atoms with Crippen molar-refractivity contribution in [2.45, 2.75) is 83.6 Å². The number of carbonyl (C=O) groups excluding carboxylic acids is 1. The SMILES string of the molecule is Cc1nc(-n2ncc3cc(C)c(C4CCN(C(=O)OC(C)(C)C)CC4F)cc32)cc([C@H]2C[C@H](O)C2)n1. The van der Waals surface area contributed by atoms with Crippen LogP contribution in [0.4, 0.5) is 9.18 Å². The van der Waals surface area contributed by atoms with Crippen LogP contribution < -0.4 is 0 Å². The number of rotatable bonds is 3. The minimum atomic E-state index is -1.20. The summed E-state index contributed by atoms with van der Waals surface area (Å²) in [6.45, 7) is 9.73. The summed E-state index contributed by atoms with van der Waals surface area (Å²) in [6, 6.07) is 5.99. The van der Waals surface area contributed by atoms with E-state index in [4.69, 9.17) is 4.74 Å². The Kier molecular flexibility index (Phi) is 6.22. The number of aromatic nitrogens is 4. The van der Waals surface area contributed by atoms with Crippen LogP contribution >= 0.6 is 0 Å². The fraction of sp³-hybridized carbons (Fsp3) is 0.556. The van der Waals surface area contributed by atoms with E-state index in [1.807, 2.05) is 52.8 Å². The summed E-state index contributed by atoms with van der Waals surface area (Å²) >= 11 is 0. The van der Waals surface area contributed by atoms with Gasteiger partial charge in [-0.2, -0.15) is 5.10 Å². The number of hydrogen-bond donors (Lipinski definition) is 1. The van der Waals surface area contributed by atoms with Crippen LogP contribution in [-0.2, 0) is 4.74 Å². The maximum Gasteiger partial charge on any atom is 0.410 e. The summed E-state index contributed by atoms with van der Waals surface area (Å²) < 4.78 is 22.7. The maximum atomic E-state index is 15.5. The van der Waals surface area contributed by atoms with Crippen LogP contribution in [0.15, 0.2) is 24.4 Å². The molecular formula is C27H34FN5O3. The second-order valence-electron chi connectivity index (χ2n) is 11.2. The molecule has 2 aliphatic rings. The summed E-state index contributed by atoms with van der Waals surface area (Å²) in [4.78, 5) is 23.1. The number of amides is 1. The number of hydrogen-bond acceptors (Lipinski definition) is 6. The minimum absolute atomic E-state index is 0.0119. The fourth-order valence-electron chi connectivity index (χ4n) is 5.25. The number of alkyl halides is 1. The van der Waals surface area contributed by atoms with Gasteiger partial charge in [-0.1, -0.05) is 0 Å². The van der Waals surface area contributed by atoms with Crippen LogP contribution in [0.1, 0.15) is 74.5 Å². The number of fused-ring (bicyclic) bond motifs is 1. The molecule has 1 amide bonds. The maximum absolute atomic E-state index is 15.5. The lowest BCUT2D eigenvalue weighted by molar-refractivity contribution is 0.0111. The molecule has 2 atom stereocenters. The molecule has 3 heterocycles. The highest BCUT2D eigenvalue weighted by atomic mass is 19.1. The van der Waals surface area contributed by atoms with Gasteiger partial charge in [0.15, 0.2) is 5.82 Å². The van der Waals surface area contributed by atoms with Gasteiger partial charge in [-0.15, -0.1) is 0 Å². The number of nitrogens with zero attached hydrogens (tertiary/aromatic N) is 5. The van der Waals surface area contributed by atoms with E-state index < -0.39 is 17.9 Å².